The molecular weight excluding hydrogens is 240 g/mol. The number of nitrogens with two attached hydrogens (primary N) is 1. The van der Waals surface area contributed by atoms with Gasteiger partial charge in [0.15, 0.2) is 0 Å². The largest absolute Gasteiger partial charge is 0.271 e. The molecule has 1 aromatic carbocycles. The molecule has 102 valence electrons. The minimum absolute atomic E-state index is 0.352. The van der Waals surface area contributed by atoms with Gasteiger partial charge in [0.25, 0.3) is 0 Å². The zero-order valence-electron chi connectivity index (χ0n) is 12.0. The molecule has 2 atom stereocenters. The number of benzene rings is 1. The van der Waals surface area contributed by atoms with Gasteiger partial charge in [-0.15, -0.1) is 0 Å². The van der Waals surface area contributed by atoms with Crippen molar-refractivity contribution in [3.05, 3.63) is 34.9 Å². The topological polar surface area (TPSA) is 38.0 Å². The molecule has 2 nitrogen and oxygen atoms in total. The summed E-state index contributed by atoms with van der Waals surface area (Å²) in [7, 11) is 0. The van der Waals surface area contributed by atoms with Crippen molar-refractivity contribution in [2.75, 3.05) is 5.75 Å². The van der Waals surface area contributed by atoms with Crippen molar-refractivity contribution in [2.24, 2.45) is 5.84 Å². The van der Waals surface area contributed by atoms with E-state index in [2.05, 4.69) is 51.3 Å². The summed E-state index contributed by atoms with van der Waals surface area (Å²) in [4.78, 5) is 0. The van der Waals surface area contributed by atoms with Crippen molar-refractivity contribution in [1.82, 2.24) is 5.43 Å². The first kappa shape index (κ1) is 15.5. The third-order valence-corrected chi connectivity index (χ3v) is 4.65. The Bertz CT molecular complexity index is 345. The summed E-state index contributed by atoms with van der Waals surface area (Å²) < 4.78 is 0. The van der Waals surface area contributed by atoms with Crippen LogP contribution in [-0.4, -0.2) is 17.0 Å². The first-order chi connectivity index (χ1) is 8.55. The first-order valence-corrected chi connectivity index (χ1v) is 7.75. The van der Waals surface area contributed by atoms with Crippen LogP contribution in [0.2, 0.25) is 0 Å². The van der Waals surface area contributed by atoms with Gasteiger partial charge in [0, 0.05) is 17.0 Å². The summed E-state index contributed by atoms with van der Waals surface area (Å²) in [6, 6.07) is 7.07. The fraction of sp³-hybridized carbons (Fsp3) is 0.600. The molecule has 0 aliphatic rings. The molecule has 0 aromatic heterocycles. The highest BCUT2D eigenvalue weighted by atomic mass is 32.2. The Kier molecular flexibility index (Phi) is 6.76. The van der Waals surface area contributed by atoms with Gasteiger partial charge < -0.3 is 0 Å². The number of hydrazine groups is 1. The van der Waals surface area contributed by atoms with Crippen LogP contribution in [0.3, 0.4) is 0 Å². The van der Waals surface area contributed by atoms with E-state index in [1.165, 1.54) is 23.1 Å². The maximum atomic E-state index is 5.66. The van der Waals surface area contributed by atoms with Crippen molar-refractivity contribution in [1.29, 1.82) is 0 Å². The molecule has 0 amide bonds. The van der Waals surface area contributed by atoms with Crippen molar-refractivity contribution < 1.29 is 0 Å². The Hall–Kier alpha value is -0.510. The molecule has 1 aromatic rings. The fourth-order valence-electron chi connectivity index (χ4n) is 2.04. The van der Waals surface area contributed by atoms with Crippen molar-refractivity contribution in [3.63, 3.8) is 0 Å². The maximum absolute atomic E-state index is 5.66. The van der Waals surface area contributed by atoms with Crippen molar-refractivity contribution in [2.45, 2.75) is 51.8 Å². The molecule has 0 aliphatic carbocycles. The lowest BCUT2D eigenvalue weighted by atomic mass is 10.0. The molecule has 0 spiro atoms. The van der Waals surface area contributed by atoms with Crippen LogP contribution in [0.15, 0.2) is 18.2 Å². The average molecular weight is 266 g/mol. The Labute approximate surface area is 116 Å². The summed E-state index contributed by atoms with van der Waals surface area (Å²) in [5, 5.41) is 0.708. The molecule has 0 fully saturated rings. The van der Waals surface area contributed by atoms with Gasteiger partial charge in [-0.2, -0.15) is 11.8 Å². The number of aryl methyl sites for hydroxylation is 2. The summed E-state index contributed by atoms with van der Waals surface area (Å²) in [6.07, 6.45) is 2.22. The third-order valence-electron chi connectivity index (χ3n) is 3.16. The predicted octanol–water partition coefficient (Wildman–Crippen LogP) is 3.21. The highest BCUT2D eigenvalue weighted by molar-refractivity contribution is 7.99. The van der Waals surface area contributed by atoms with Crippen LogP contribution in [-0.2, 0) is 6.42 Å². The summed E-state index contributed by atoms with van der Waals surface area (Å²) >= 11 is 1.99. The Morgan fingerprint density at radius 3 is 2.33 bits per heavy atom. The fourth-order valence-corrected chi connectivity index (χ4v) is 3.05. The molecule has 0 aliphatic heterocycles. The molecule has 0 heterocycles. The molecule has 2 unspecified atom stereocenters. The summed E-state index contributed by atoms with van der Waals surface area (Å²) in [5.41, 5.74) is 6.98. The quantitative estimate of drug-likeness (QED) is 0.588. The predicted molar refractivity (Wildman–Crippen MR) is 82.9 cm³/mol. The van der Waals surface area contributed by atoms with E-state index >= 15 is 0 Å². The molecule has 0 saturated heterocycles. The van der Waals surface area contributed by atoms with Crippen LogP contribution in [0.4, 0.5) is 0 Å². The molecule has 3 heteroatoms. The lowest BCUT2D eigenvalue weighted by molar-refractivity contribution is 0.574. The highest BCUT2D eigenvalue weighted by Crippen LogP contribution is 2.17. The minimum atomic E-state index is 0.352. The minimum Gasteiger partial charge on any atom is -0.271 e. The molecule has 1 rings (SSSR count). The molecule has 3 N–H and O–H groups in total. The van der Waals surface area contributed by atoms with Crippen LogP contribution >= 0.6 is 11.8 Å². The van der Waals surface area contributed by atoms with Crippen LogP contribution in [0.25, 0.3) is 0 Å². The van der Waals surface area contributed by atoms with E-state index in [1.807, 2.05) is 11.8 Å². The molecule has 0 bridgehead atoms. The first-order valence-electron chi connectivity index (χ1n) is 6.70. The average Bonchev–Trinajstić information content (AvgIpc) is 2.32. The number of nitrogens with one attached hydrogen (secondary N) is 1. The molecule has 18 heavy (non-hydrogen) atoms. The van der Waals surface area contributed by atoms with Crippen LogP contribution in [0, 0.1) is 13.8 Å². The second-order valence-electron chi connectivity index (χ2n) is 5.12. The number of hydrogen-bond donors (Lipinski definition) is 2. The number of thioether (sulfide) groups is 1. The van der Waals surface area contributed by atoms with E-state index in [4.69, 9.17) is 5.84 Å². The second-order valence-corrected chi connectivity index (χ2v) is 6.59. The van der Waals surface area contributed by atoms with Crippen LogP contribution in [0.5, 0.6) is 0 Å². The lowest BCUT2D eigenvalue weighted by Gasteiger charge is -2.18. The van der Waals surface area contributed by atoms with Crippen LogP contribution < -0.4 is 11.3 Å². The van der Waals surface area contributed by atoms with Gasteiger partial charge in [-0.3, -0.25) is 11.3 Å². The van der Waals surface area contributed by atoms with Crippen molar-refractivity contribution in [3.8, 4) is 0 Å². The monoisotopic (exact) mass is 266 g/mol. The van der Waals surface area contributed by atoms with Crippen molar-refractivity contribution >= 4 is 11.8 Å². The van der Waals surface area contributed by atoms with Gasteiger partial charge in [0.05, 0.1) is 0 Å². The van der Waals surface area contributed by atoms with Gasteiger partial charge >= 0.3 is 0 Å². The second kappa shape index (κ2) is 7.82. The van der Waals surface area contributed by atoms with Gasteiger partial charge in [0.1, 0.15) is 0 Å². The number of hydrogen-bond acceptors (Lipinski definition) is 3. The highest BCUT2D eigenvalue weighted by Gasteiger charge is 2.10. The van der Waals surface area contributed by atoms with E-state index < -0.39 is 0 Å². The van der Waals surface area contributed by atoms with E-state index in [1.54, 1.807) is 0 Å². The van der Waals surface area contributed by atoms with E-state index in [9.17, 15) is 0 Å². The summed E-state index contributed by atoms with van der Waals surface area (Å²) in [6.45, 7) is 8.80. The van der Waals surface area contributed by atoms with Gasteiger partial charge in [-0.05, 0) is 32.3 Å². The molecule has 0 saturated carbocycles. The van der Waals surface area contributed by atoms with Gasteiger partial charge in [-0.25, -0.2) is 0 Å². The summed E-state index contributed by atoms with van der Waals surface area (Å²) in [5.74, 6) is 6.73. The van der Waals surface area contributed by atoms with E-state index in [-0.39, 0.29) is 0 Å². The maximum Gasteiger partial charge on any atom is 0.0341 e. The Balaban J connectivity index is 2.56. The normalized spacial score (nSPS) is 14.5. The van der Waals surface area contributed by atoms with Gasteiger partial charge in [0.2, 0.25) is 0 Å². The Morgan fingerprint density at radius 1 is 1.22 bits per heavy atom. The standard InChI is InChI=1S/C15H26N2S/c1-5-13(4)18-10-15(17-16)9-14-7-11(2)6-12(3)8-14/h6-8,13,15,17H,5,9-10,16H2,1-4H3. The van der Waals surface area contributed by atoms with Crippen LogP contribution in [0.1, 0.15) is 37.0 Å². The smallest absolute Gasteiger partial charge is 0.0341 e. The number of rotatable bonds is 7. The van der Waals surface area contributed by atoms with E-state index in [0.29, 0.717) is 11.3 Å². The lowest BCUT2D eigenvalue weighted by Crippen LogP contribution is -2.39. The SMILES string of the molecule is CCC(C)SCC(Cc1cc(C)cc(C)c1)NN. The molecule has 0 radical (unpaired) electrons. The van der Waals surface area contributed by atoms with Gasteiger partial charge in [-0.1, -0.05) is 43.2 Å². The molecular formula is C15H26N2S. The zero-order chi connectivity index (χ0) is 13.5. The third kappa shape index (κ3) is 5.42. The van der Waals surface area contributed by atoms with E-state index in [0.717, 1.165) is 12.2 Å². The Morgan fingerprint density at radius 2 is 1.83 bits per heavy atom. The zero-order valence-corrected chi connectivity index (χ0v) is 12.8.